The molecule has 0 amide bonds. The van der Waals surface area contributed by atoms with Crippen LogP contribution in [0.5, 0.6) is 0 Å². The summed E-state index contributed by atoms with van der Waals surface area (Å²) in [6, 6.07) is 7.71. The van der Waals surface area contributed by atoms with Gasteiger partial charge in [0.2, 0.25) is 5.78 Å². The van der Waals surface area contributed by atoms with Crippen LogP contribution in [0.2, 0.25) is 0 Å². The van der Waals surface area contributed by atoms with Gasteiger partial charge in [-0.2, -0.15) is 0 Å². The van der Waals surface area contributed by atoms with Crippen LogP contribution in [0.1, 0.15) is 27.2 Å². The van der Waals surface area contributed by atoms with Gasteiger partial charge in [-0.3, -0.25) is 9.78 Å². The third kappa shape index (κ3) is 2.38. The van der Waals surface area contributed by atoms with Crippen molar-refractivity contribution in [1.29, 1.82) is 0 Å². The summed E-state index contributed by atoms with van der Waals surface area (Å²) < 4.78 is 13.1. The Morgan fingerprint density at radius 2 is 1.94 bits per heavy atom. The Bertz CT molecular complexity index is 578. The fourth-order valence-electron chi connectivity index (χ4n) is 1.64. The lowest BCUT2D eigenvalue weighted by atomic mass is 10.0. The number of carbonyl (C=O) groups excluding carboxylic acids is 1. The van der Waals surface area contributed by atoms with Gasteiger partial charge in [0.25, 0.3) is 0 Å². The first kappa shape index (κ1) is 11.5. The van der Waals surface area contributed by atoms with Crippen molar-refractivity contribution in [1.82, 2.24) is 4.98 Å². The molecular formula is C14H12FNO. The Balaban J connectivity index is 2.47. The van der Waals surface area contributed by atoms with E-state index < -0.39 is 5.82 Å². The predicted molar refractivity (Wildman–Crippen MR) is 63.5 cm³/mol. The molecule has 0 bridgehead atoms. The number of nitrogens with zero attached hydrogens (tertiary/aromatic N) is 1. The van der Waals surface area contributed by atoms with Crippen molar-refractivity contribution in [2.24, 2.45) is 0 Å². The van der Waals surface area contributed by atoms with E-state index >= 15 is 0 Å². The molecule has 3 heteroatoms. The first-order chi connectivity index (χ1) is 8.08. The van der Waals surface area contributed by atoms with Gasteiger partial charge >= 0.3 is 0 Å². The summed E-state index contributed by atoms with van der Waals surface area (Å²) in [5.41, 5.74) is 2.42. The van der Waals surface area contributed by atoms with Gasteiger partial charge in [-0.1, -0.05) is 6.07 Å². The molecule has 17 heavy (non-hydrogen) atoms. The number of aromatic nitrogens is 1. The molecule has 2 aromatic rings. The summed E-state index contributed by atoms with van der Waals surface area (Å²) in [4.78, 5) is 16.2. The number of aryl methyl sites for hydroxylation is 2. The minimum atomic E-state index is -0.411. The quantitative estimate of drug-likeness (QED) is 0.741. The molecule has 0 atom stereocenters. The Kier molecular flexibility index (Phi) is 3.00. The van der Waals surface area contributed by atoms with Crippen LogP contribution in [0, 0.1) is 19.7 Å². The summed E-state index contributed by atoms with van der Waals surface area (Å²) in [5.74, 6) is -0.655. The van der Waals surface area contributed by atoms with Gasteiger partial charge in [-0.25, -0.2) is 4.39 Å². The molecule has 0 fully saturated rings. The topological polar surface area (TPSA) is 30.0 Å². The average molecular weight is 229 g/mol. The van der Waals surface area contributed by atoms with Crippen LogP contribution in [-0.2, 0) is 0 Å². The minimum absolute atomic E-state index is 0.245. The molecule has 0 aliphatic heterocycles. The van der Waals surface area contributed by atoms with Gasteiger partial charge in [0, 0.05) is 11.8 Å². The zero-order valence-corrected chi connectivity index (χ0v) is 9.70. The average Bonchev–Trinajstić information content (AvgIpc) is 2.31. The highest BCUT2D eigenvalue weighted by atomic mass is 19.1. The van der Waals surface area contributed by atoms with E-state index in [9.17, 15) is 9.18 Å². The van der Waals surface area contributed by atoms with E-state index in [2.05, 4.69) is 4.98 Å². The van der Waals surface area contributed by atoms with Crippen molar-refractivity contribution in [3.8, 4) is 0 Å². The summed E-state index contributed by atoms with van der Waals surface area (Å²) >= 11 is 0. The number of benzene rings is 1. The highest BCUT2D eigenvalue weighted by Crippen LogP contribution is 2.15. The van der Waals surface area contributed by atoms with Crippen molar-refractivity contribution in [3.63, 3.8) is 0 Å². The van der Waals surface area contributed by atoms with Crippen LogP contribution < -0.4 is 0 Å². The second kappa shape index (κ2) is 4.45. The van der Waals surface area contributed by atoms with Crippen molar-refractivity contribution in [3.05, 3.63) is 64.7 Å². The van der Waals surface area contributed by atoms with Gasteiger partial charge in [0.15, 0.2) is 0 Å². The molecule has 0 saturated heterocycles. The second-order valence-electron chi connectivity index (χ2n) is 4.01. The van der Waals surface area contributed by atoms with Crippen LogP contribution >= 0.6 is 0 Å². The molecule has 0 saturated carbocycles. The Hall–Kier alpha value is -2.03. The molecule has 2 rings (SSSR count). The number of hydrogen-bond acceptors (Lipinski definition) is 2. The first-order valence-electron chi connectivity index (χ1n) is 5.31. The number of pyridine rings is 1. The lowest BCUT2D eigenvalue weighted by Gasteiger charge is -2.05. The monoisotopic (exact) mass is 229 g/mol. The number of halogens is 1. The third-order valence-corrected chi connectivity index (χ3v) is 2.59. The standard InChI is InChI=1S/C14H12FNO/c1-9-5-6-16-13(7-9)14(17)12-8-11(15)4-3-10(12)2/h3-8H,1-2H3. The lowest BCUT2D eigenvalue weighted by Crippen LogP contribution is -2.06. The van der Waals surface area contributed by atoms with Crippen molar-refractivity contribution in [2.75, 3.05) is 0 Å². The van der Waals surface area contributed by atoms with Gasteiger partial charge in [-0.15, -0.1) is 0 Å². The summed E-state index contributed by atoms with van der Waals surface area (Å²) in [7, 11) is 0. The van der Waals surface area contributed by atoms with Crippen LogP contribution in [0.3, 0.4) is 0 Å². The molecule has 0 N–H and O–H groups in total. The van der Waals surface area contributed by atoms with Crippen molar-refractivity contribution >= 4 is 5.78 Å². The number of hydrogen-bond donors (Lipinski definition) is 0. The fourth-order valence-corrected chi connectivity index (χ4v) is 1.64. The Morgan fingerprint density at radius 1 is 1.18 bits per heavy atom. The summed E-state index contributed by atoms with van der Waals surface area (Å²) in [5, 5.41) is 0. The smallest absolute Gasteiger partial charge is 0.211 e. The molecular weight excluding hydrogens is 217 g/mol. The molecule has 1 heterocycles. The van der Waals surface area contributed by atoms with Crippen molar-refractivity contribution in [2.45, 2.75) is 13.8 Å². The first-order valence-corrected chi connectivity index (χ1v) is 5.31. The van der Waals surface area contributed by atoms with E-state index in [0.29, 0.717) is 11.3 Å². The SMILES string of the molecule is Cc1ccnc(C(=O)c2cc(F)ccc2C)c1. The highest BCUT2D eigenvalue weighted by molar-refractivity contribution is 6.08. The molecule has 2 nitrogen and oxygen atoms in total. The molecule has 1 aromatic carbocycles. The molecule has 86 valence electrons. The molecule has 0 aliphatic carbocycles. The van der Waals surface area contributed by atoms with E-state index in [1.807, 2.05) is 13.0 Å². The van der Waals surface area contributed by atoms with Crippen LogP contribution in [0.15, 0.2) is 36.5 Å². The van der Waals surface area contributed by atoms with E-state index in [4.69, 9.17) is 0 Å². The maximum absolute atomic E-state index is 13.1. The van der Waals surface area contributed by atoms with Crippen LogP contribution in [0.25, 0.3) is 0 Å². The second-order valence-corrected chi connectivity index (χ2v) is 4.01. The summed E-state index contributed by atoms with van der Waals surface area (Å²) in [6.45, 7) is 3.67. The number of carbonyl (C=O) groups is 1. The molecule has 1 aromatic heterocycles. The lowest BCUT2D eigenvalue weighted by molar-refractivity contribution is 0.103. The largest absolute Gasteiger partial charge is 0.287 e. The maximum Gasteiger partial charge on any atom is 0.211 e. The fraction of sp³-hybridized carbons (Fsp3) is 0.143. The van der Waals surface area contributed by atoms with Gasteiger partial charge in [-0.05, 0) is 49.2 Å². The van der Waals surface area contributed by atoms with Gasteiger partial charge in [0.05, 0.1) is 0 Å². The van der Waals surface area contributed by atoms with Crippen molar-refractivity contribution < 1.29 is 9.18 Å². The van der Waals surface area contributed by atoms with Crippen LogP contribution in [-0.4, -0.2) is 10.8 Å². The zero-order valence-electron chi connectivity index (χ0n) is 9.70. The normalized spacial score (nSPS) is 10.3. The molecule has 0 radical (unpaired) electrons. The predicted octanol–water partition coefficient (Wildman–Crippen LogP) is 3.07. The van der Waals surface area contributed by atoms with E-state index in [1.54, 1.807) is 25.3 Å². The van der Waals surface area contributed by atoms with E-state index in [1.165, 1.54) is 12.1 Å². The zero-order chi connectivity index (χ0) is 12.4. The van der Waals surface area contributed by atoms with Gasteiger partial charge < -0.3 is 0 Å². The number of rotatable bonds is 2. The van der Waals surface area contributed by atoms with Gasteiger partial charge in [0.1, 0.15) is 11.5 Å². The maximum atomic E-state index is 13.1. The minimum Gasteiger partial charge on any atom is -0.287 e. The van der Waals surface area contributed by atoms with Crippen LogP contribution in [0.4, 0.5) is 4.39 Å². The Labute approximate surface area is 99.1 Å². The molecule has 0 aliphatic rings. The number of ketones is 1. The summed E-state index contributed by atoms with van der Waals surface area (Å²) in [6.07, 6.45) is 1.58. The van der Waals surface area contributed by atoms with E-state index in [-0.39, 0.29) is 5.78 Å². The third-order valence-electron chi connectivity index (χ3n) is 2.59. The molecule has 0 spiro atoms. The highest BCUT2D eigenvalue weighted by Gasteiger charge is 2.13. The Morgan fingerprint density at radius 3 is 2.65 bits per heavy atom. The van der Waals surface area contributed by atoms with E-state index in [0.717, 1.165) is 11.1 Å². The molecule has 0 unspecified atom stereocenters.